The molecule has 0 amide bonds. The monoisotopic (exact) mass is 297 g/mol. The van der Waals surface area contributed by atoms with E-state index in [1.807, 2.05) is 6.07 Å². The summed E-state index contributed by atoms with van der Waals surface area (Å²) >= 11 is 5.82. The summed E-state index contributed by atoms with van der Waals surface area (Å²) in [5.74, 6) is 0. The van der Waals surface area contributed by atoms with Gasteiger partial charge in [0.2, 0.25) is 0 Å². The van der Waals surface area contributed by atoms with E-state index >= 15 is 0 Å². The average molecular weight is 298 g/mol. The molecule has 1 aromatic carbocycles. The summed E-state index contributed by atoms with van der Waals surface area (Å²) < 4.78 is 0. The summed E-state index contributed by atoms with van der Waals surface area (Å²) in [5, 5.41) is 11.1. The molecule has 2 N–H and O–H groups in total. The largest absolute Gasteiger partial charge is 0.328 e. The molecule has 1 fully saturated rings. The smallest absolute Gasteiger partial charge is 0.288 e. The fraction of sp³-hybridized carbons (Fsp3) is 0.571. The molecule has 0 radical (unpaired) electrons. The normalized spacial score (nSPS) is 23.0. The van der Waals surface area contributed by atoms with Crippen molar-refractivity contribution in [1.29, 1.82) is 0 Å². The first-order chi connectivity index (χ1) is 9.47. The van der Waals surface area contributed by atoms with Crippen molar-refractivity contribution in [2.75, 3.05) is 7.05 Å². The molecule has 6 heteroatoms. The predicted octanol–water partition coefficient (Wildman–Crippen LogP) is 2.95. The molecule has 1 aromatic rings. The predicted molar refractivity (Wildman–Crippen MR) is 79.8 cm³/mol. The molecule has 0 heterocycles. The van der Waals surface area contributed by atoms with Gasteiger partial charge in [-0.25, -0.2) is 0 Å². The zero-order valence-corrected chi connectivity index (χ0v) is 12.3. The van der Waals surface area contributed by atoms with E-state index in [2.05, 4.69) is 11.9 Å². The zero-order chi connectivity index (χ0) is 14.7. The van der Waals surface area contributed by atoms with Crippen molar-refractivity contribution in [1.82, 2.24) is 4.90 Å². The minimum absolute atomic E-state index is 0.0248. The Morgan fingerprint density at radius 2 is 2.05 bits per heavy atom. The van der Waals surface area contributed by atoms with E-state index in [0.29, 0.717) is 18.6 Å². The number of hydrogen-bond donors (Lipinski definition) is 1. The van der Waals surface area contributed by atoms with E-state index in [-0.39, 0.29) is 10.7 Å². The molecular weight excluding hydrogens is 278 g/mol. The summed E-state index contributed by atoms with van der Waals surface area (Å²) in [6.45, 7) is 0.692. The third-order valence-corrected chi connectivity index (χ3v) is 4.32. The van der Waals surface area contributed by atoms with E-state index in [0.717, 1.165) is 31.2 Å². The Morgan fingerprint density at radius 1 is 1.40 bits per heavy atom. The molecule has 0 unspecified atom stereocenters. The van der Waals surface area contributed by atoms with Crippen LogP contribution in [0.5, 0.6) is 0 Å². The van der Waals surface area contributed by atoms with E-state index in [9.17, 15) is 10.1 Å². The molecule has 2 rings (SSSR count). The molecule has 0 bridgehead atoms. The number of nitrogens with two attached hydrogens (primary N) is 1. The van der Waals surface area contributed by atoms with Crippen LogP contribution in [0.4, 0.5) is 5.69 Å². The van der Waals surface area contributed by atoms with Gasteiger partial charge in [-0.1, -0.05) is 17.7 Å². The van der Waals surface area contributed by atoms with Gasteiger partial charge in [0.15, 0.2) is 0 Å². The van der Waals surface area contributed by atoms with Crippen molar-refractivity contribution in [3.63, 3.8) is 0 Å². The van der Waals surface area contributed by atoms with Crippen LogP contribution in [0.3, 0.4) is 0 Å². The van der Waals surface area contributed by atoms with Crippen LogP contribution in [-0.2, 0) is 6.54 Å². The summed E-state index contributed by atoms with van der Waals surface area (Å²) in [6.07, 6.45) is 4.28. The number of halogens is 1. The van der Waals surface area contributed by atoms with Gasteiger partial charge in [-0.05, 0) is 44.4 Å². The Morgan fingerprint density at radius 3 is 2.65 bits per heavy atom. The van der Waals surface area contributed by atoms with Crippen LogP contribution in [-0.4, -0.2) is 29.0 Å². The van der Waals surface area contributed by atoms with Crippen molar-refractivity contribution < 1.29 is 4.92 Å². The summed E-state index contributed by atoms with van der Waals surface area (Å²) in [4.78, 5) is 12.7. The lowest BCUT2D eigenvalue weighted by Gasteiger charge is -2.33. The average Bonchev–Trinajstić information content (AvgIpc) is 2.41. The second-order valence-electron chi connectivity index (χ2n) is 5.53. The van der Waals surface area contributed by atoms with Crippen LogP contribution in [0.25, 0.3) is 0 Å². The van der Waals surface area contributed by atoms with Crippen LogP contribution in [0.2, 0.25) is 5.02 Å². The molecule has 1 aliphatic carbocycles. The van der Waals surface area contributed by atoms with Crippen LogP contribution in [0.1, 0.15) is 31.2 Å². The molecule has 0 atom stereocenters. The highest BCUT2D eigenvalue weighted by molar-refractivity contribution is 6.32. The molecule has 5 nitrogen and oxygen atoms in total. The van der Waals surface area contributed by atoms with Crippen molar-refractivity contribution in [3.05, 3.63) is 38.9 Å². The van der Waals surface area contributed by atoms with Crippen LogP contribution in [0.15, 0.2) is 18.2 Å². The van der Waals surface area contributed by atoms with E-state index in [4.69, 9.17) is 17.3 Å². The number of rotatable bonds is 4. The van der Waals surface area contributed by atoms with Crippen molar-refractivity contribution >= 4 is 17.3 Å². The third-order valence-electron chi connectivity index (χ3n) is 4.00. The lowest BCUT2D eigenvalue weighted by atomic mass is 9.91. The summed E-state index contributed by atoms with van der Waals surface area (Å²) in [5.41, 5.74) is 6.80. The fourth-order valence-corrected chi connectivity index (χ4v) is 2.94. The van der Waals surface area contributed by atoms with Gasteiger partial charge in [-0.15, -0.1) is 0 Å². The number of hydrogen-bond acceptors (Lipinski definition) is 4. The standard InChI is InChI=1S/C14H20ClN3O2/c1-17(12-5-3-11(16)4-6-12)9-10-2-7-13(15)14(8-10)18(19)20/h2,7-8,11-12H,3-6,9,16H2,1H3. The molecule has 0 aliphatic heterocycles. The molecule has 20 heavy (non-hydrogen) atoms. The Hall–Kier alpha value is -1.17. The van der Waals surface area contributed by atoms with Gasteiger partial charge in [-0.3, -0.25) is 15.0 Å². The Kier molecular flexibility index (Phi) is 4.96. The van der Waals surface area contributed by atoms with Crippen molar-refractivity contribution in [2.24, 2.45) is 5.73 Å². The van der Waals surface area contributed by atoms with Crippen LogP contribution in [0, 0.1) is 10.1 Å². The number of nitro groups is 1. The highest BCUT2D eigenvalue weighted by atomic mass is 35.5. The molecule has 1 saturated carbocycles. The van der Waals surface area contributed by atoms with Gasteiger partial charge in [0.25, 0.3) is 5.69 Å². The first-order valence-electron chi connectivity index (χ1n) is 6.86. The van der Waals surface area contributed by atoms with E-state index in [1.165, 1.54) is 0 Å². The number of nitrogens with zero attached hydrogens (tertiary/aromatic N) is 2. The number of benzene rings is 1. The highest BCUT2D eigenvalue weighted by Crippen LogP contribution is 2.27. The van der Waals surface area contributed by atoms with Crippen LogP contribution < -0.4 is 5.73 Å². The molecule has 1 aliphatic rings. The molecule has 0 saturated heterocycles. The maximum atomic E-state index is 10.9. The van der Waals surface area contributed by atoms with Crippen molar-refractivity contribution in [3.8, 4) is 0 Å². The Labute approximate surface area is 123 Å². The maximum absolute atomic E-state index is 10.9. The fourth-order valence-electron chi connectivity index (χ4n) is 2.76. The highest BCUT2D eigenvalue weighted by Gasteiger charge is 2.22. The number of nitro benzene ring substituents is 1. The van der Waals surface area contributed by atoms with Gasteiger partial charge in [0.05, 0.1) is 4.92 Å². The van der Waals surface area contributed by atoms with Gasteiger partial charge >= 0.3 is 0 Å². The van der Waals surface area contributed by atoms with Gasteiger partial charge in [0.1, 0.15) is 5.02 Å². The molecule has 0 aromatic heterocycles. The second-order valence-corrected chi connectivity index (χ2v) is 5.93. The van der Waals surface area contributed by atoms with Crippen LogP contribution >= 0.6 is 11.6 Å². The maximum Gasteiger partial charge on any atom is 0.288 e. The van der Waals surface area contributed by atoms with E-state index < -0.39 is 4.92 Å². The van der Waals surface area contributed by atoms with Gasteiger partial charge < -0.3 is 5.73 Å². The minimum atomic E-state index is -0.439. The Balaban J connectivity index is 2.02. The van der Waals surface area contributed by atoms with E-state index in [1.54, 1.807) is 12.1 Å². The van der Waals surface area contributed by atoms with Gasteiger partial charge in [-0.2, -0.15) is 0 Å². The first kappa shape index (κ1) is 15.2. The van der Waals surface area contributed by atoms with Crippen molar-refractivity contribution in [2.45, 2.75) is 44.3 Å². The lowest BCUT2D eigenvalue weighted by Crippen LogP contribution is -2.38. The minimum Gasteiger partial charge on any atom is -0.328 e. The molecule has 110 valence electrons. The third kappa shape index (κ3) is 3.69. The molecule has 0 spiro atoms. The topological polar surface area (TPSA) is 72.4 Å². The lowest BCUT2D eigenvalue weighted by molar-refractivity contribution is -0.384. The van der Waals surface area contributed by atoms with Gasteiger partial charge in [0, 0.05) is 24.7 Å². The molecular formula is C14H20ClN3O2. The second kappa shape index (κ2) is 6.52. The first-order valence-corrected chi connectivity index (χ1v) is 7.24. The Bertz CT molecular complexity index is 487. The quantitative estimate of drug-likeness (QED) is 0.685. The summed E-state index contributed by atoms with van der Waals surface area (Å²) in [6, 6.07) is 5.84. The SMILES string of the molecule is CN(Cc1ccc(Cl)c([N+](=O)[O-])c1)C1CCC(N)CC1. The zero-order valence-electron chi connectivity index (χ0n) is 11.6. The summed E-state index contributed by atoms with van der Waals surface area (Å²) in [7, 11) is 2.06.